The number of ether oxygens (including phenoxy) is 1. The smallest absolute Gasteiger partial charge is 0.119 e. The van der Waals surface area contributed by atoms with E-state index in [1.807, 2.05) is 0 Å². The zero-order chi connectivity index (χ0) is 12.4. The molecule has 1 fully saturated rings. The standard InChI is InChI=1S/C16H23NO/c17-16-9-6-13-10-14(7-8-15(13)16)18-11-12-4-2-1-3-5-12/h7-8,10,12,16H,1-6,9,11,17H2/t16-/m0/s1. The Morgan fingerprint density at radius 1 is 1.11 bits per heavy atom. The van der Waals surface area contributed by atoms with Gasteiger partial charge in [-0.25, -0.2) is 0 Å². The number of aryl methyl sites for hydroxylation is 1. The van der Waals surface area contributed by atoms with Crippen molar-refractivity contribution < 1.29 is 4.74 Å². The first-order valence-corrected chi connectivity index (χ1v) is 7.34. The monoisotopic (exact) mass is 245 g/mol. The molecule has 18 heavy (non-hydrogen) atoms. The molecule has 0 spiro atoms. The SMILES string of the molecule is N[C@H]1CCc2cc(OCC3CCCCC3)ccc21. The highest BCUT2D eigenvalue weighted by atomic mass is 16.5. The van der Waals surface area contributed by atoms with Crippen molar-refractivity contribution in [3.05, 3.63) is 29.3 Å². The second-order valence-corrected chi connectivity index (χ2v) is 5.82. The molecular formula is C16H23NO. The van der Waals surface area contributed by atoms with Crippen molar-refractivity contribution in [3.63, 3.8) is 0 Å². The van der Waals surface area contributed by atoms with E-state index in [4.69, 9.17) is 10.5 Å². The zero-order valence-corrected chi connectivity index (χ0v) is 11.0. The van der Waals surface area contributed by atoms with E-state index in [-0.39, 0.29) is 6.04 Å². The van der Waals surface area contributed by atoms with Crippen LogP contribution in [0.5, 0.6) is 5.75 Å². The van der Waals surface area contributed by atoms with Crippen molar-refractivity contribution in [1.82, 2.24) is 0 Å². The normalized spacial score (nSPS) is 23.9. The lowest BCUT2D eigenvalue weighted by Crippen LogP contribution is -2.15. The summed E-state index contributed by atoms with van der Waals surface area (Å²) in [6, 6.07) is 6.69. The van der Waals surface area contributed by atoms with Gasteiger partial charge in [0.15, 0.2) is 0 Å². The first-order valence-electron chi connectivity index (χ1n) is 7.34. The molecule has 0 saturated heterocycles. The minimum atomic E-state index is 0.243. The quantitative estimate of drug-likeness (QED) is 0.883. The maximum absolute atomic E-state index is 6.05. The Kier molecular flexibility index (Phi) is 3.55. The minimum Gasteiger partial charge on any atom is -0.493 e. The molecule has 0 aliphatic heterocycles. The van der Waals surface area contributed by atoms with E-state index in [9.17, 15) is 0 Å². The summed E-state index contributed by atoms with van der Waals surface area (Å²) in [5.74, 6) is 1.81. The van der Waals surface area contributed by atoms with Crippen molar-refractivity contribution >= 4 is 0 Å². The van der Waals surface area contributed by atoms with Crippen LogP contribution in [0.15, 0.2) is 18.2 Å². The van der Waals surface area contributed by atoms with Gasteiger partial charge in [-0.2, -0.15) is 0 Å². The van der Waals surface area contributed by atoms with Crippen LogP contribution in [0.4, 0.5) is 0 Å². The lowest BCUT2D eigenvalue weighted by atomic mass is 9.90. The molecule has 2 heteroatoms. The molecule has 3 rings (SSSR count). The summed E-state index contributed by atoms with van der Waals surface area (Å²) >= 11 is 0. The second kappa shape index (κ2) is 5.31. The Balaban J connectivity index is 1.60. The molecule has 2 nitrogen and oxygen atoms in total. The number of hydrogen-bond donors (Lipinski definition) is 1. The van der Waals surface area contributed by atoms with Gasteiger partial charge in [0, 0.05) is 6.04 Å². The van der Waals surface area contributed by atoms with E-state index in [0.717, 1.165) is 31.1 Å². The Morgan fingerprint density at radius 2 is 1.94 bits per heavy atom. The molecule has 1 saturated carbocycles. The van der Waals surface area contributed by atoms with Gasteiger partial charge in [-0.05, 0) is 54.9 Å². The average molecular weight is 245 g/mol. The average Bonchev–Trinajstić information content (AvgIpc) is 2.79. The van der Waals surface area contributed by atoms with Crippen LogP contribution in [0.2, 0.25) is 0 Å². The van der Waals surface area contributed by atoms with Gasteiger partial charge in [-0.3, -0.25) is 0 Å². The predicted octanol–water partition coefficient (Wildman–Crippen LogP) is 3.59. The summed E-state index contributed by atoms with van der Waals surface area (Å²) in [5.41, 5.74) is 8.76. The molecule has 0 amide bonds. The molecule has 98 valence electrons. The van der Waals surface area contributed by atoms with Crippen LogP contribution < -0.4 is 10.5 Å². The van der Waals surface area contributed by atoms with E-state index in [2.05, 4.69) is 18.2 Å². The topological polar surface area (TPSA) is 35.2 Å². The summed E-state index contributed by atoms with van der Waals surface area (Å²) in [6.07, 6.45) is 9.05. The number of hydrogen-bond acceptors (Lipinski definition) is 2. The summed E-state index contributed by atoms with van der Waals surface area (Å²) in [6.45, 7) is 0.894. The number of nitrogens with two attached hydrogens (primary N) is 1. The van der Waals surface area contributed by atoms with Crippen LogP contribution in [0.25, 0.3) is 0 Å². The van der Waals surface area contributed by atoms with Gasteiger partial charge in [0.05, 0.1) is 6.61 Å². The van der Waals surface area contributed by atoms with Crippen molar-refractivity contribution in [1.29, 1.82) is 0 Å². The Labute approximate surface area is 110 Å². The van der Waals surface area contributed by atoms with Crippen LogP contribution in [0.1, 0.15) is 55.7 Å². The third-order valence-corrected chi connectivity index (χ3v) is 4.45. The van der Waals surface area contributed by atoms with Gasteiger partial charge in [-0.1, -0.05) is 25.3 Å². The maximum atomic E-state index is 6.05. The van der Waals surface area contributed by atoms with Gasteiger partial charge in [-0.15, -0.1) is 0 Å². The maximum Gasteiger partial charge on any atom is 0.119 e. The van der Waals surface area contributed by atoms with E-state index < -0.39 is 0 Å². The first-order chi connectivity index (χ1) is 8.83. The molecule has 1 aromatic carbocycles. The highest BCUT2D eigenvalue weighted by Crippen LogP contribution is 2.32. The lowest BCUT2D eigenvalue weighted by Gasteiger charge is -2.21. The Bertz CT molecular complexity index is 410. The van der Waals surface area contributed by atoms with Crippen LogP contribution in [0.3, 0.4) is 0 Å². The Morgan fingerprint density at radius 3 is 2.78 bits per heavy atom. The van der Waals surface area contributed by atoms with E-state index in [1.54, 1.807) is 0 Å². The Hall–Kier alpha value is -1.02. The minimum absolute atomic E-state index is 0.243. The zero-order valence-electron chi connectivity index (χ0n) is 11.0. The third-order valence-electron chi connectivity index (χ3n) is 4.45. The first kappa shape index (κ1) is 12.0. The molecular weight excluding hydrogens is 222 g/mol. The second-order valence-electron chi connectivity index (χ2n) is 5.82. The number of rotatable bonds is 3. The van der Waals surface area contributed by atoms with Crippen molar-refractivity contribution in [3.8, 4) is 5.75 Å². The third kappa shape index (κ3) is 2.54. The van der Waals surface area contributed by atoms with Gasteiger partial charge in [0.25, 0.3) is 0 Å². The molecule has 0 unspecified atom stereocenters. The summed E-state index contributed by atoms with van der Waals surface area (Å²) in [4.78, 5) is 0. The number of fused-ring (bicyclic) bond motifs is 1. The highest BCUT2D eigenvalue weighted by Gasteiger charge is 2.19. The fraction of sp³-hybridized carbons (Fsp3) is 0.625. The predicted molar refractivity (Wildman–Crippen MR) is 73.8 cm³/mol. The summed E-state index contributed by atoms with van der Waals surface area (Å²) in [5, 5.41) is 0. The fourth-order valence-corrected chi connectivity index (χ4v) is 3.28. The van der Waals surface area contributed by atoms with Crippen molar-refractivity contribution in [2.75, 3.05) is 6.61 Å². The fourth-order valence-electron chi connectivity index (χ4n) is 3.28. The molecule has 1 aromatic rings. The van der Waals surface area contributed by atoms with Crippen molar-refractivity contribution in [2.45, 2.75) is 51.0 Å². The molecule has 0 bridgehead atoms. The van der Waals surface area contributed by atoms with Crippen molar-refractivity contribution in [2.24, 2.45) is 11.7 Å². The molecule has 0 heterocycles. The van der Waals surface area contributed by atoms with Crippen LogP contribution >= 0.6 is 0 Å². The van der Waals surface area contributed by atoms with Gasteiger partial charge in [0.1, 0.15) is 5.75 Å². The molecule has 2 aliphatic rings. The largest absolute Gasteiger partial charge is 0.493 e. The van der Waals surface area contributed by atoms with Crippen LogP contribution in [0, 0.1) is 5.92 Å². The van der Waals surface area contributed by atoms with Gasteiger partial charge in [0.2, 0.25) is 0 Å². The van der Waals surface area contributed by atoms with Crippen LogP contribution in [-0.4, -0.2) is 6.61 Å². The van der Waals surface area contributed by atoms with E-state index >= 15 is 0 Å². The molecule has 2 N–H and O–H groups in total. The van der Waals surface area contributed by atoms with Crippen LogP contribution in [-0.2, 0) is 6.42 Å². The summed E-state index contributed by atoms with van der Waals surface area (Å²) < 4.78 is 5.97. The lowest BCUT2D eigenvalue weighted by molar-refractivity contribution is 0.208. The highest BCUT2D eigenvalue weighted by molar-refractivity contribution is 5.40. The molecule has 0 radical (unpaired) electrons. The molecule has 1 atom stereocenters. The molecule has 2 aliphatic carbocycles. The molecule has 0 aromatic heterocycles. The van der Waals surface area contributed by atoms with Gasteiger partial charge < -0.3 is 10.5 Å². The van der Waals surface area contributed by atoms with E-state index in [0.29, 0.717) is 0 Å². The summed E-state index contributed by atoms with van der Waals surface area (Å²) in [7, 11) is 0. The number of benzene rings is 1. The van der Waals surface area contributed by atoms with Gasteiger partial charge >= 0.3 is 0 Å². The van der Waals surface area contributed by atoms with E-state index in [1.165, 1.54) is 43.2 Å².